The fourth-order valence-electron chi connectivity index (χ4n) is 4.54. The van der Waals surface area contributed by atoms with E-state index in [1.807, 2.05) is 30.3 Å². The average molecular weight is 529 g/mol. The first-order valence-electron chi connectivity index (χ1n) is 12.1. The highest BCUT2D eigenvalue weighted by atomic mass is 19.1. The Balaban J connectivity index is 1.30. The van der Waals surface area contributed by atoms with Crippen LogP contribution in [0.5, 0.6) is 0 Å². The standard InChI is InChI=1S/C27H22F2N8O2/c1-15-9-19(29)21(36-27(38)37-22(7-8-39-37)16-5-3-2-4-6-16)11-20(15)35-25-18(10-17(28)12-30-25)23-24-26(33-13-31-23)34-14-32-24/h2-6,9-14,22H,7-8H2,1H3,(H,30,35)(H,36,38)(H,31,32,33,34)/t22-/m1/s1. The third-order valence-electron chi connectivity index (χ3n) is 6.43. The number of amides is 2. The second-order valence-electron chi connectivity index (χ2n) is 8.95. The zero-order chi connectivity index (χ0) is 26.9. The Morgan fingerprint density at radius 1 is 1.08 bits per heavy atom. The summed E-state index contributed by atoms with van der Waals surface area (Å²) in [6.45, 7) is 2.06. The van der Waals surface area contributed by atoms with E-state index < -0.39 is 17.7 Å². The Bertz CT molecular complexity index is 1680. The zero-order valence-electron chi connectivity index (χ0n) is 20.7. The zero-order valence-corrected chi connectivity index (χ0v) is 20.7. The summed E-state index contributed by atoms with van der Waals surface area (Å²) < 4.78 is 29.2. The van der Waals surface area contributed by atoms with Crippen LogP contribution in [0.3, 0.4) is 0 Å². The Morgan fingerprint density at radius 3 is 2.77 bits per heavy atom. The first kappa shape index (κ1) is 24.4. The molecule has 1 fully saturated rings. The second-order valence-corrected chi connectivity index (χ2v) is 8.95. The van der Waals surface area contributed by atoms with Gasteiger partial charge < -0.3 is 15.6 Å². The number of pyridine rings is 1. The highest BCUT2D eigenvalue weighted by Gasteiger charge is 2.32. The van der Waals surface area contributed by atoms with Crippen molar-refractivity contribution < 1.29 is 18.4 Å². The molecule has 0 spiro atoms. The van der Waals surface area contributed by atoms with Crippen LogP contribution in [0.4, 0.5) is 30.8 Å². The van der Waals surface area contributed by atoms with Crippen LogP contribution >= 0.6 is 0 Å². The number of urea groups is 1. The van der Waals surface area contributed by atoms with Gasteiger partial charge in [-0.25, -0.2) is 33.5 Å². The predicted octanol–water partition coefficient (Wildman–Crippen LogP) is 5.66. The molecule has 2 aromatic carbocycles. The number of hydroxylamine groups is 2. The van der Waals surface area contributed by atoms with Gasteiger partial charge in [-0.1, -0.05) is 30.3 Å². The van der Waals surface area contributed by atoms with Crippen molar-refractivity contribution in [2.24, 2.45) is 0 Å². The number of nitrogens with zero attached hydrogens (tertiary/aromatic N) is 5. The highest BCUT2D eigenvalue weighted by molar-refractivity contribution is 5.93. The summed E-state index contributed by atoms with van der Waals surface area (Å²) >= 11 is 0. The number of fused-ring (bicyclic) bond motifs is 1. The Labute approximate surface area is 221 Å². The van der Waals surface area contributed by atoms with E-state index >= 15 is 0 Å². The van der Waals surface area contributed by atoms with E-state index in [1.54, 1.807) is 6.92 Å². The number of aromatic nitrogens is 5. The van der Waals surface area contributed by atoms with Gasteiger partial charge in [0.25, 0.3) is 0 Å². The summed E-state index contributed by atoms with van der Waals surface area (Å²) in [7, 11) is 0. The van der Waals surface area contributed by atoms with Crippen molar-refractivity contribution in [1.82, 2.24) is 30.0 Å². The van der Waals surface area contributed by atoms with Crippen LogP contribution in [0, 0.1) is 18.6 Å². The largest absolute Gasteiger partial charge is 0.346 e. The summed E-state index contributed by atoms with van der Waals surface area (Å²) in [5.41, 5.74) is 3.50. The lowest BCUT2D eigenvalue weighted by Crippen LogP contribution is -2.33. The normalized spacial score (nSPS) is 15.1. The fourth-order valence-corrected chi connectivity index (χ4v) is 4.54. The predicted molar refractivity (Wildman–Crippen MR) is 140 cm³/mol. The number of hydrogen-bond donors (Lipinski definition) is 3. The van der Waals surface area contributed by atoms with Gasteiger partial charge in [0.15, 0.2) is 5.65 Å². The van der Waals surface area contributed by atoms with Crippen molar-refractivity contribution in [2.45, 2.75) is 19.4 Å². The summed E-state index contributed by atoms with van der Waals surface area (Å²) in [4.78, 5) is 38.4. The Kier molecular flexibility index (Phi) is 6.29. The van der Waals surface area contributed by atoms with Crippen LogP contribution in [0.25, 0.3) is 22.4 Å². The van der Waals surface area contributed by atoms with Crippen LogP contribution in [0.1, 0.15) is 23.6 Å². The lowest BCUT2D eigenvalue weighted by atomic mass is 10.1. The minimum atomic E-state index is -0.621. The van der Waals surface area contributed by atoms with Crippen molar-refractivity contribution in [1.29, 1.82) is 0 Å². The monoisotopic (exact) mass is 528 g/mol. The molecule has 0 unspecified atom stereocenters. The van der Waals surface area contributed by atoms with E-state index in [2.05, 4.69) is 35.6 Å². The first-order chi connectivity index (χ1) is 19.0. The molecule has 1 atom stereocenters. The third kappa shape index (κ3) is 4.73. The van der Waals surface area contributed by atoms with E-state index in [0.29, 0.717) is 46.7 Å². The lowest BCUT2D eigenvalue weighted by molar-refractivity contribution is -0.0830. The molecular formula is C27H22F2N8O2. The van der Waals surface area contributed by atoms with Crippen LogP contribution in [0.2, 0.25) is 0 Å². The van der Waals surface area contributed by atoms with Gasteiger partial charge in [0.05, 0.1) is 30.9 Å². The number of anilines is 3. The van der Waals surface area contributed by atoms with Crippen molar-refractivity contribution in [3.05, 3.63) is 90.1 Å². The van der Waals surface area contributed by atoms with Gasteiger partial charge in [-0.15, -0.1) is 0 Å². The van der Waals surface area contributed by atoms with Gasteiger partial charge in [0, 0.05) is 17.7 Å². The van der Waals surface area contributed by atoms with Crippen LogP contribution in [-0.2, 0) is 4.84 Å². The first-order valence-corrected chi connectivity index (χ1v) is 12.1. The smallest absolute Gasteiger partial charge is 0.341 e. The molecule has 10 nitrogen and oxygen atoms in total. The molecule has 5 aromatic rings. The molecule has 196 valence electrons. The van der Waals surface area contributed by atoms with Crippen LogP contribution in [-0.4, -0.2) is 42.6 Å². The summed E-state index contributed by atoms with van der Waals surface area (Å²) in [5.74, 6) is -0.918. The number of imidazole rings is 1. The number of aromatic amines is 1. The maximum atomic E-state index is 15.0. The van der Waals surface area contributed by atoms with Crippen LogP contribution < -0.4 is 10.6 Å². The SMILES string of the molecule is Cc1cc(F)c(NC(=O)N2OCC[C@@H]2c2ccccc2)cc1Nc1ncc(F)cc1-c1ncnc2nc[nH]c12. The highest BCUT2D eigenvalue weighted by Crippen LogP contribution is 2.35. The average Bonchev–Trinajstić information content (AvgIpc) is 3.63. The Morgan fingerprint density at radius 2 is 1.92 bits per heavy atom. The molecule has 1 saturated heterocycles. The van der Waals surface area contributed by atoms with Gasteiger partial charge in [0.2, 0.25) is 0 Å². The lowest BCUT2D eigenvalue weighted by Gasteiger charge is -2.23. The van der Waals surface area contributed by atoms with Crippen LogP contribution in [0.15, 0.2) is 67.4 Å². The van der Waals surface area contributed by atoms with E-state index in [1.165, 1.54) is 35.9 Å². The van der Waals surface area contributed by atoms with Gasteiger partial charge in [-0.2, -0.15) is 5.06 Å². The van der Waals surface area contributed by atoms with Gasteiger partial charge >= 0.3 is 6.03 Å². The number of rotatable bonds is 5. The van der Waals surface area contributed by atoms with Gasteiger partial charge in [0.1, 0.15) is 35.0 Å². The maximum absolute atomic E-state index is 15.0. The number of benzene rings is 2. The molecule has 3 N–H and O–H groups in total. The number of hydrogen-bond acceptors (Lipinski definition) is 7. The molecular weight excluding hydrogens is 506 g/mol. The molecule has 39 heavy (non-hydrogen) atoms. The van der Waals surface area contributed by atoms with Crippen molar-refractivity contribution in [2.75, 3.05) is 17.2 Å². The van der Waals surface area contributed by atoms with Gasteiger partial charge in [-0.05, 0) is 36.2 Å². The van der Waals surface area contributed by atoms with E-state index in [-0.39, 0.29) is 17.5 Å². The summed E-state index contributed by atoms with van der Waals surface area (Å²) in [5, 5.41) is 6.98. The molecule has 4 heterocycles. The van der Waals surface area contributed by atoms with Crippen molar-refractivity contribution in [3.63, 3.8) is 0 Å². The molecule has 0 radical (unpaired) electrons. The van der Waals surface area contributed by atoms with E-state index in [9.17, 15) is 13.6 Å². The third-order valence-corrected chi connectivity index (χ3v) is 6.43. The molecule has 0 bridgehead atoms. The fraction of sp³-hybridized carbons (Fsp3) is 0.148. The van der Waals surface area contributed by atoms with Crippen molar-refractivity contribution >= 4 is 34.4 Å². The van der Waals surface area contributed by atoms with Gasteiger partial charge in [-0.3, -0.25) is 4.84 Å². The van der Waals surface area contributed by atoms with E-state index in [0.717, 1.165) is 11.8 Å². The number of halogens is 2. The second kappa shape index (κ2) is 10.1. The number of nitrogens with one attached hydrogen (secondary N) is 3. The molecule has 0 saturated carbocycles. The minimum absolute atomic E-state index is 0.0583. The molecule has 1 aliphatic rings. The maximum Gasteiger partial charge on any atom is 0.346 e. The molecule has 3 aromatic heterocycles. The minimum Gasteiger partial charge on any atom is -0.341 e. The Hall–Kier alpha value is -4.97. The topological polar surface area (TPSA) is 121 Å². The molecule has 12 heteroatoms. The number of carbonyl (C=O) groups excluding carboxylic acids is 1. The van der Waals surface area contributed by atoms with Crippen molar-refractivity contribution in [3.8, 4) is 11.3 Å². The number of H-pyrrole nitrogens is 1. The molecule has 2 amide bonds. The number of aryl methyl sites for hydroxylation is 1. The summed E-state index contributed by atoms with van der Waals surface area (Å²) in [6.07, 6.45) is 4.47. The molecule has 0 aliphatic carbocycles. The number of carbonyl (C=O) groups is 1. The quantitative estimate of drug-likeness (QED) is 0.269. The molecule has 6 rings (SSSR count). The van der Waals surface area contributed by atoms with E-state index in [4.69, 9.17) is 4.84 Å². The molecule has 1 aliphatic heterocycles. The summed E-state index contributed by atoms with van der Waals surface area (Å²) in [6, 6.07) is 12.6.